The zero-order chi connectivity index (χ0) is 18.4. The Labute approximate surface area is 161 Å². The average Bonchev–Trinajstić information content (AvgIpc) is 2.62. The molecule has 0 unspecified atom stereocenters. The molecule has 4 aliphatic carbocycles. The van der Waals surface area contributed by atoms with Crippen LogP contribution in [0.15, 0.2) is 30.6 Å². The number of nitrogens with two attached hydrogens (primary N) is 1. The van der Waals surface area contributed by atoms with Gasteiger partial charge in [0.25, 0.3) is 0 Å². The summed E-state index contributed by atoms with van der Waals surface area (Å²) in [7, 11) is 0. The fourth-order valence-corrected chi connectivity index (χ4v) is 6.04. The minimum absolute atomic E-state index is 0.200. The number of nitrogens with one attached hydrogen (secondary N) is 2. The molecule has 4 aliphatic rings. The lowest BCUT2D eigenvalue weighted by atomic mass is 9.53. The van der Waals surface area contributed by atoms with Crippen LogP contribution in [0.1, 0.15) is 49.7 Å². The summed E-state index contributed by atoms with van der Waals surface area (Å²) in [6.45, 7) is 2.81. The van der Waals surface area contributed by atoms with E-state index in [0.29, 0.717) is 12.2 Å². The summed E-state index contributed by atoms with van der Waals surface area (Å²) in [4.78, 5) is 8.87. The molecule has 4 saturated carbocycles. The molecule has 0 radical (unpaired) electrons. The second kappa shape index (κ2) is 6.39. The van der Waals surface area contributed by atoms with Crippen LogP contribution in [-0.4, -0.2) is 15.5 Å². The van der Waals surface area contributed by atoms with Gasteiger partial charge in [0.15, 0.2) is 11.6 Å². The van der Waals surface area contributed by atoms with Gasteiger partial charge in [0, 0.05) is 12.1 Å². The van der Waals surface area contributed by atoms with Crippen LogP contribution in [0.2, 0.25) is 0 Å². The van der Waals surface area contributed by atoms with E-state index in [1.807, 2.05) is 0 Å². The molecule has 1 aromatic carbocycles. The number of nitrogen functional groups attached to an aromatic ring is 1. The molecule has 2 aromatic rings. The van der Waals surface area contributed by atoms with E-state index in [9.17, 15) is 0 Å². The number of anilines is 3. The van der Waals surface area contributed by atoms with Crippen molar-refractivity contribution < 1.29 is 0 Å². The molecule has 0 aliphatic heterocycles. The maximum absolute atomic E-state index is 6.45. The second-order valence-electron chi connectivity index (χ2n) is 9.15. The SMILES string of the molecule is Cc1ccc(CNc2ncnc(NC34CC5CC(CC(C5)C3)C4)c2N)cc1. The third-order valence-electron chi connectivity index (χ3n) is 6.89. The van der Waals surface area contributed by atoms with Crippen molar-refractivity contribution in [1.29, 1.82) is 0 Å². The van der Waals surface area contributed by atoms with E-state index >= 15 is 0 Å². The van der Waals surface area contributed by atoms with Crippen molar-refractivity contribution >= 4 is 17.3 Å². The van der Waals surface area contributed by atoms with Gasteiger partial charge in [0.05, 0.1) is 0 Å². The Morgan fingerprint density at radius 2 is 1.56 bits per heavy atom. The van der Waals surface area contributed by atoms with Crippen LogP contribution in [0, 0.1) is 24.7 Å². The van der Waals surface area contributed by atoms with Crippen LogP contribution in [-0.2, 0) is 6.54 Å². The van der Waals surface area contributed by atoms with E-state index in [1.165, 1.54) is 49.7 Å². The molecule has 5 heteroatoms. The van der Waals surface area contributed by atoms with Gasteiger partial charge in [-0.2, -0.15) is 0 Å². The molecule has 6 rings (SSSR count). The maximum Gasteiger partial charge on any atom is 0.155 e. The van der Waals surface area contributed by atoms with E-state index in [-0.39, 0.29) is 5.54 Å². The molecular weight excluding hydrogens is 334 g/mol. The lowest BCUT2D eigenvalue weighted by molar-refractivity contribution is 0.0106. The summed E-state index contributed by atoms with van der Waals surface area (Å²) in [5.41, 5.74) is 9.77. The largest absolute Gasteiger partial charge is 0.393 e. The zero-order valence-corrected chi connectivity index (χ0v) is 16.0. The van der Waals surface area contributed by atoms with Gasteiger partial charge < -0.3 is 16.4 Å². The molecule has 4 fully saturated rings. The first-order valence-corrected chi connectivity index (χ1v) is 10.3. The Kier molecular flexibility index (Phi) is 3.99. The summed E-state index contributed by atoms with van der Waals surface area (Å²) < 4.78 is 0. The highest BCUT2D eigenvalue weighted by Crippen LogP contribution is 2.56. The van der Waals surface area contributed by atoms with E-state index in [0.717, 1.165) is 29.4 Å². The van der Waals surface area contributed by atoms with Crippen LogP contribution in [0.4, 0.5) is 17.3 Å². The zero-order valence-electron chi connectivity index (χ0n) is 16.0. The monoisotopic (exact) mass is 363 g/mol. The summed E-state index contributed by atoms with van der Waals surface area (Å²) in [5, 5.41) is 7.17. The van der Waals surface area contributed by atoms with Crippen molar-refractivity contribution in [3.8, 4) is 0 Å². The van der Waals surface area contributed by atoms with Crippen LogP contribution in [0.25, 0.3) is 0 Å². The van der Waals surface area contributed by atoms with Crippen LogP contribution in [0.3, 0.4) is 0 Å². The third kappa shape index (κ3) is 3.24. The van der Waals surface area contributed by atoms with Crippen LogP contribution in [0.5, 0.6) is 0 Å². The summed E-state index contributed by atoms with van der Waals surface area (Å²) >= 11 is 0. The second-order valence-corrected chi connectivity index (χ2v) is 9.15. The van der Waals surface area contributed by atoms with Gasteiger partial charge in [-0.25, -0.2) is 9.97 Å². The average molecular weight is 364 g/mol. The molecular formula is C22H29N5. The molecule has 1 aromatic heterocycles. The molecule has 27 heavy (non-hydrogen) atoms. The lowest BCUT2D eigenvalue weighted by Gasteiger charge is -2.57. The minimum Gasteiger partial charge on any atom is -0.393 e. The smallest absolute Gasteiger partial charge is 0.155 e. The summed E-state index contributed by atoms with van der Waals surface area (Å²) in [6, 6.07) is 8.52. The van der Waals surface area contributed by atoms with E-state index in [4.69, 9.17) is 5.73 Å². The number of aryl methyl sites for hydroxylation is 1. The number of hydrogen-bond acceptors (Lipinski definition) is 5. The molecule has 0 saturated heterocycles. The molecule has 4 bridgehead atoms. The number of nitrogens with zero attached hydrogens (tertiary/aromatic N) is 2. The van der Waals surface area contributed by atoms with Crippen molar-refractivity contribution in [3.63, 3.8) is 0 Å². The van der Waals surface area contributed by atoms with Crippen molar-refractivity contribution in [2.75, 3.05) is 16.4 Å². The first-order valence-electron chi connectivity index (χ1n) is 10.3. The van der Waals surface area contributed by atoms with Gasteiger partial charge in [0.1, 0.15) is 12.0 Å². The summed E-state index contributed by atoms with van der Waals surface area (Å²) in [5.74, 6) is 4.21. The van der Waals surface area contributed by atoms with E-state index in [1.54, 1.807) is 6.33 Å². The van der Waals surface area contributed by atoms with Crippen molar-refractivity contribution in [2.24, 2.45) is 17.8 Å². The first-order chi connectivity index (χ1) is 13.1. The van der Waals surface area contributed by atoms with Gasteiger partial charge in [-0.1, -0.05) is 29.8 Å². The van der Waals surface area contributed by atoms with Crippen molar-refractivity contribution in [1.82, 2.24) is 9.97 Å². The highest BCUT2D eigenvalue weighted by molar-refractivity contribution is 5.74. The Morgan fingerprint density at radius 3 is 2.19 bits per heavy atom. The predicted octanol–water partition coefficient (Wildman–Crippen LogP) is 4.36. The molecule has 5 nitrogen and oxygen atoms in total. The Balaban J connectivity index is 1.32. The van der Waals surface area contributed by atoms with Crippen molar-refractivity contribution in [2.45, 2.75) is 57.5 Å². The Bertz CT molecular complexity index is 794. The Morgan fingerprint density at radius 1 is 0.963 bits per heavy atom. The third-order valence-corrected chi connectivity index (χ3v) is 6.89. The number of rotatable bonds is 5. The number of hydrogen-bond donors (Lipinski definition) is 3. The lowest BCUT2D eigenvalue weighted by Crippen LogP contribution is -2.55. The normalized spacial score (nSPS) is 31.1. The van der Waals surface area contributed by atoms with Gasteiger partial charge in [-0.3, -0.25) is 0 Å². The fraction of sp³-hybridized carbons (Fsp3) is 0.545. The number of aromatic nitrogens is 2. The number of benzene rings is 1. The topological polar surface area (TPSA) is 75.9 Å². The Hall–Kier alpha value is -2.30. The molecule has 0 spiro atoms. The van der Waals surface area contributed by atoms with Gasteiger partial charge in [0.2, 0.25) is 0 Å². The summed E-state index contributed by atoms with van der Waals surface area (Å²) in [6.07, 6.45) is 9.74. The first kappa shape index (κ1) is 16.8. The molecule has 0 amide bonds. The van der Waals surface area contributed by atoms with Gasteiger partial charge >= 0.3 is 0 Å². The maximum atomic E-state index is 6.45. The standard InChI is InChI=1S/C22H29N5/c1-14-2-4-15(5-3-14)12-24-20-19(23)21(26-13-25-20)27-22-9-16-6-17(10-22)8-18(7-16)11-22/h2-5,13,16-18H,6-12,23H2,1H3,(H2,24,25,26,27). The molecule has 1 heterocycles. The predicted molar refractivity (Wildman–Crippen MR) is 109 cm³/mol. The quantitative estimate of drug-likeness (QED) is 0.736. The van der Waals surface area contributed by atoms with E-state index < -0.39 is 0 Å². The highest BCUT2D eigenvalue weighted by atomic mass is 15.1. The highest BCUT2D eigenvalue weighted by Gasteiger charge is 2.51. The van der Waals surface area contributed by atoms with Crippen LogP contribution >= 0.6 is 0 Å². The van der Waals surface area contributed by atoms with Crippen molar-refractivity contribution in [3.05, 3.63) is 41.7 Å². The van der Waals surface area contributed by atoms with Crippen LogP contribution < -0.4 is 16.4 Å². The van der Waals surface area contributed by atoms with Gasteiger partial charge in [-0.15, -0.1) is 0 Å². The molecule has 4 N–H and O–H groups in total. The van der Waals surface area contributed by atoms with E-state index in [2.05, 4.69) is 51.8 Å². The minimum atomic E-state index is 0.200. The molecule has 0 atom stereocenters. The fourth-order valence-electron chi connectivity index (χ4n) is 6.04. The van der Waals surface area contributed by atoms with Gasteiger partial charge in [-0.05, 0) is 68.8 Å². The molecule has 142 valence electrons.